The number of nitriles is 1. The van der Waals surface area contributed by atoms with Gasteiger partial charge in [0.25, 0.3) is 0 Å². The van der Waals surface area contributed by atoms with E-state index in [1.807, 2.05) is 18.2 Å². The highest BCUT2D eigenvalue weighted by Gasteiger charge is 2.24. The lowest BCUT2D eigenvalue weighted by Crippen LogP contribution is -2.20. The van der Waals surface area contributed by atoms with Crippen LogP contribution < -0.4 is 4.84 Å². The molecule has 0 atom stereocenters. The number of aryl methyl sites for hydroxylation is 1. The fourth-order valence-electron chi connectivity index (χ4n) is 2.59. The maximum atomic E-state index is 12.4. The Labute approximate surface area is 156 Å². The minimum Gasteiger partial charge on any atom is -0.461 e. The number of carbonyl (C=O) groups is 1. The lowest BCUT2D eigenvalue weighted by molar-refractivity contribution is 0.0426. The van der Waals surface area contributed by atoms with Crippen LogP contribution in [0.15, 0.2) is 48.8 Å². The van der Waals surface area contributed by atoms with E-state index in [1.54, 1.807) is 44.4 Å². The number of esters is 1. The van der Waals surface area contributed by atoms with Crippen LogP contribution in [0.3, 0.4) is 0 Å². The first-order chi connectivity index (χ1) is 13.1. The third-order valence-electron chi connectivity index (χ3n) is 3.84. The molecule has 0 aliphatic carbocycles. The first-order valence-electron chi connectivity index (χ1n) is 8.43. The Morgan fingerprint density at radius 1 is 1.26 bits per heavy atom. The van der Waals surface area contributed by atoms with Crippen LogP contribution in [0.4, 0.5) is 0 Å². The van der Waals surface area contributed by atoms with Gasteiger partial charge in [-0.05, 0) is 43.7 Å². The summed E-state index contributed by atoms with van der Waals surface area (Å²) in [6.07, 6.45) is 3.34. The number of hydrogen-bond acceptors (Lipinski definition) is 6. The molecule has 0 N–H and O–H groups in total. The summed E-state index contributed by atoms with van der Waals surface area (Å²) < 4.78 is 6.53. The molecule has 0 saturated carbocycles. The predicted octanol–water partition coefficient (Wildman–Crippen LogP) is 2.93. The van der Waals surface area contributed by atoms with Gasteiger partial charge in [-0.2, -0.15) is 9.99 Å². The molecule has 7 heteroatoms. The summed E-state index contributed by atoms with van der Waals surface area (Å²) >= 11 is 0. The second-order valence-electron chi connectivity index (χ2n) is 5.71. The maximum absolute atomic E-state index is 12.4. The Bertz CT molecular complexity index is 990. The van der Waals surface area contributed by atoms with Crippen molar-refractivity contribution in [1.82, 2.24) is 14.7 Å². The van der Waals surface area contributed by atoms with Gasteiger partial charge >= 0.3 is 5.97 Å². The molecule has 0 fully saturated rings. The monoisotopic (exact) mass is 362 g/mol. The van der Waals surface area contributed by atoms with Gasteiger partial charge in [0.2, 0.25) is 0 Å². The van der Waals surface area contributed by atoms with Crippen LogP contribution in [0.1, 0.15) is 34.2 Å². The second kappa shape index (κ2) is 8.15. The molecule has 0 radical (unpaired) electrons. The van der Waals surface area contributed by atoms with Gasteiger partial charge in [-0.25, -0.2) is 9.78 Å². The van der Waals surface area contributed by atoms with Crippen LogP contribution in [0.5, 0.6) is 0 Å². The van der Waals surface area contributed by atoms with E-state index in [0.717, 1.165) is 5.56 Å². The summed E-state index contributed by atoms with van der Waals surface area (Å²) in [6.45, 7) is 3.92. The van der Waals surface area contributed by atoms with Gasteiger partial charge in [-0.3, -0.25) is 4.98 Å². The van der Waals surface area contributed by atoms with E-state index in [1.165, 1.54) is 4.73 Å². The first-order valence-corrected chi connectivity index (χ1v) is 8.43. The molecule has 2 aromatic heterocycles. The van der Waals surface area contributed by atoms with Crippen LogP contribution in [0.25, 0.3) is 11.4 Å². The molecule has 3 rings (SSSR count). The van der Waals surface area contributed by atoms with Gasteiger partial charge in [0.15, 0.2) is 11.5 Å². The summed E-state index contributed by atoms with van der Waals surface area (Å²) in [4.78, 5) is 26.8. The zero-order chi connectivity index (χ0) is 19.2. The van der Waals surface area contributed by atoms with E-state index >= 15 is 0 Å². The Morgan fingerprint density at radius 3 is 2.74 bits per heavy atom. The van der Waals surface area contributed by atoms with Crippen molar-refractivity contribution in [3.63, 3.8) is 0 Å². The van der Waals surface area contributed by atoms with Crippen molar-refractivity contribution >= 4 is 5.97 Å². The zero-order valence-corrected chi connectivity index (χ0v) is 15.0. The molecule has 1 aromatic carbocycles. The van der Waals surface area contributed by atoms with E-state index in [-0.39, 0.29) is 18.9 Å². The van der Waals surface area contributed by atoms with Crippen molar-refractivity contribution in [2.45, 2.75) is 20.5 Å². The normalized spacial score (nSPS) is 10.3. The first kappa shape index (κ1) is 18.1. The number of ether oxygens (including phenoxy) is 1. The van der Waals surface area contributed by atoms with Crippen LogP contribution in [0, 0.1) is 18.3 Å². The highest BCUT2D eigenvalue weighted by molar-refractivity contribution is 5.89. The maximum Gasteiger partial charge on any atom is 0.360 e. The van der Waals surface area contributed by atoms with Gasteiger partial charge in [0.1, 0.15) is 6.61 Å². The number of imidazole rings is 1. The molecule has 0 saturated heterocycles. The van der Waals surface area contributed by atoms with Crippen LogP contribution in [0.2, 0.25) is 0 Å². The quantitative estimate of drug-likeness (QED) is 0.626. The molecule has 0 unspecified atom stereocenters. The van der Waals surface area contributed by atoms with Crippen molar-refractivity contribution in [3.8, 4) is 17.5 Å². The van der Waals surface area contributed by atoms with E-state index < -0.39 is 5.97 Å². The van der Waals surface area contributed by atoms with Crippen LogP contribution in [-0.4, -0.2) is 27.3 Å². The molecule has 0 spiro atoms. The average molecular weight is 362 g/mol. The Balaban J connectivity index is 2.05. The van der Waals surface area contributed by atoms with Gasteiger partial charge in [-0.1, -0.05) is 12.1 Å². The minimum absolute atomic E-state index is 0.218. The minimum atomic E-state index is -0.514. The third-order valence-corrected chi connectivity index (χ3v) is 3.84. The largest absolute Gasteiger partial charge is 0.461 e. The molecule has 7 nitrogen and oxygen atoms in total. The van der Waals surface area contributed by atoms with E-state index in [0.29, 0.717) is 22.6 Å². The van der Waals surface area contributed by atoms with Gasteiger partial charge in [0, 0.05) is 18.0 Å². The third kappa shape index (κ3) is 3.96. The number of carbonyl (C=O) groups excluding carboxylic acids is 1. The van der Waals surface area contributed by atoms with Gasteiger partial charge in [-0.15, -0.1) is 0 Å². The fraction of sp³-hybridized carbons (Fsp3) is 0.200. The molecule has 136 valence electrons. The van der Waals surface area contributed by atoms with Crippen molar-refractivity contribution in [2.24, 2.45) is 0 Å². The van der Waals surface area contributed by atoms with E-state index in [4.69, 9.17) is 14.8 Å². The standard InChI is InChI=1S/C20H18N4O3/c1-3-26-20(25)18-14(2)23-19(17-6-4-5-16(11-17)12-21)24(18)27-13-15-7-9-22-10-8-15/h4-11H,3,13H2,1-2H3. The number of hydrogen-bond donors (Lipinski definition) is 0. The van der Waals surface area contributed by atoms with Crippen molar-refractivity contribution in [3.05, 3.63) is 71.3 Å². The topological polar surface area (TPSA) is 90.0 Å². The van der Waals surface area contributed by atoms with Crippen LogP contribution >= 0.6 is 0 Å². The molecule has 0 aliphatic heterocycles. The molecular formula is C20H18N4O3. The SMILES string of the molecule is CCOC(=O)c1c(C)nc(-c2cccc(C#N)c2)n1OCc1ccncc1. The number of nitrogens with zero attached hydrogens (tertiary/aromatic N) is 4. The summed E-state index contributed by atoms with van der Waals surface area (Å²) in [6, 6.07) is 12.7. The van der Waals surface area contributed by atoms with Crippen molar-refractivity contribution in [1.29, 1.82) is 5.26 Å². The lowest BCUT2D eigenvalue weighted by Gasteiger charge is -2.13. The smallest absolute Gasteiger partial charge is 0.360 e. The van der Waals surface area contributed by atoms with E-state index in [2.05, 4.69) is 16.0 Å². The van der Waals surface area contributed by atoms with Gasteiger partial charge < -0.3 is 9.57 Å². The fourth-order valence-corrected chi connectivity index (χ4v) is 2.59. The molecule has 3 aromatic rings. The summed E-state index contributed by atoms with van der Waals surface area (Å²) in [7, 11) is 0. The van der Waals surface area contributed by atoms with Crippen molar-refractivity contribution in [2.75, 3.05) is 6.61 Å². The highest BCUT2D eigenvalue weighted by atomic mass is 16.7. The molecule has 0 bridgehead atoms. The summed E-state index contributed by atoms with van der Waals surface area (Å²) in [5, 5.41) is 9.16. The van der Waals surface area contributed by atoms with E-state index in [9.17, 15) is 4.79 Å². The molecular weight excluding hydrogens is 344 g/mol. The number of rotatable bonds is 6. The Morgan fingerprint density at radius 2 is 2.04 bits per heavy atom. The molecule has 0 amide bonds. The number of aromatic nitrogens is 3. The highest BCUT2D eigenvalue weighted by Crippen LogP contribution is 2.23. The number of benzene rings is 1. The summed E-state index contributed by atoms with van der Waals surface area (Å²) in [5.41, 5.74) is 2.76. The molecule has 2 heterocycles. The molecule has 27 heavy (non-hydrogen) atoms. The van der Waals surface area contributed by atoms with Crippen molar-refractivity contribution < 1.29 is 14.4 Å². The average Bonchev–Trinajstić information content (AvgIpc) is 3.03. The second-order valence-corrected chi connectivity index (χ2v) is 5.71. The Kier molecular flexibility index (Phi) is 5.47. The number of pyridine rings is 1. The Hall–Kier alpha value is -3.66. The lowest BCUT2D eigenvalue weighted by atomic mass is 10.1. The van der Waals surface area contributed by atoms with Crippen LogP contribution in [-0.2, 0) is 11.3 Å². The molecule has 0 aliphatic rings. The zero-order valence-electron chi connectivity index (χ0n) is 15.0. The summed E-state index contributed by atoms with van der Waals surface area (Å²) in [5.74, 6) is -0.0818. The predicted molar refractivity (Wildman–Crippen MR) is 97.6 cm³/mol. The van der Waals surface area contributed by atoms with Gasteiger partial charge in [0.05, 0.1) is 23.9 Å².